The minimum Gasteiger partial charge on any atom is -0.289 e. The van der Waals surface area contributed by atoms with E-state index in [9.17, 15) is 13.2 Å². The zero-order chi connectivity index (χ0) is 15.6. The Balaban J connectivity index is 2.36. The Hall–Kier alpha value is -1.94. The van der Waals surface area contributed by atoms with Gasteiger partial charge < -0.3 is 0 Å². The maximum Gasteiger partial charge on any atom is 0.193 e. The number of carbonyl (C=O) groups is 1. The van der Waals surface area contributed by atoms with Crippen LogP contribution in [0.1, 0.15) is 41.3 Å². The van der Waals surface area contributed by atoms with Crippen LogP contribution in [0.5, 0.6) is 0 Å². The summed E-state index contributed by atoms with van der Waals surface area (Å²) in [5.74, 6) is 0.235. The molecule has 0 bridgehead atoms. The van der Waals surface area contributed by atoms with E-state index in [2.05, 4.69) is 13.8 Å². The molecule has 4 heteroatoms. The van der Waals surface area contributed by atoms with Gasteiger partial charge in [-0.1, -0.05) is 50.2 Å². The van der Waals surface area contributed by atoms with Crippen LogP contribution in [0.3, 0.4) is 0 Å². The van der Waals surface area contributed by atoms with Gasteiger partial charge in [0.2, 0.25) is 0 Å². The third-order valence-corrected chi connectivity index (χ3v) is 4.47. The van der Waals surface area contributed by atoms with Gasteiger partial charge in [0, 0.05) is 17.4 Å². The molecule has 2 aromatic rings. The first-order valence-electron chi connectivity index (χ1n) is 6.74. The number of hydrogen-bond acceptors (Lipinski definition) is 3. The highest BCUT2D eigenvalue weighted by Crippen LogP contribution is 2.18. The third kappa shape index (κ3) is 3.58. The molecule has 2 aromatic carbocycles. The normalized spacial score (nSPS) is 11.6. The second-order valence-electron chi connectivity index (χ2n) is 5.41. The van der Waals surface area contributed by atoms with E-state index in [0.29, 0.717) is 17.0 Å². The summed E-state index contributed by atoms with van der Waals surface area (Å²) < 4.78 is 23.1. The molecular formula is C17H18O3S. The van der Waals surface area contributed by atoms with Crippen molar-refractivity contribution in [3.63, 3.8) is 0 Å². The molecule has 0 aliphatic carbocycles. The van der Waals surface area contributed by atoms with Crippen molar-refractivity contribution in [3.8, 4) is 0 Å². The highest BCUT2D eigenvalue weighted by Gasteiger charge is 2.13. The van der Waals surface area contributed by atoms with E-state index in [1.165, 1.54) is 12.1 Å². The molecule has 0 atom stereocenters. The van der Waals surface area contributed by atoms with E-state index in [-0.39, 0.29) is 10.7 Å². The minimum atomic E-state index is -3.31. The Bertz CT molecular complexity index is 757. The maximum absolute atomic E-state index is 12.4. The summed E-state index contributed by atoms with van der Waals surface area (Å²) in [4.78, 5) is 12.6. The van der Waals surface area contributed by atoms with Crippen molar-refractivity contribution in [1.29, 1.82) is 0 Å². The Kier molecular flexibility index (Phi) is 4.28. The Labute approximate surface area is 125 Å². The molecule has 0 amide bonds. The molecule has 0 aliphatic heterocycles. The van der Waals surface area contributed by atoms with Crippen LogP contribution in [0.4, 0.5) is 0 Å². The molecule has 0 N–H and O–H groups in total. The largest absolute Gasteiger partial charge is 0.289 e. The predicted molar refractivity (Wildman–Crippen MR) is 83.5 cm³/mol. The fourth-order valence-electron chi connectivity index (χ4n) is 2.05. The summed E-state index contributed by atoms with van der Waals surface area (Å²) in [6, 6.07) is 13.6. The van der Waals surface area contributed by atoms with Crippen molar-refractivity contribution in [2.75, 3.05) is 6.26 Å². The quantitative estimate of drug-likeness (QED) is 0.813. The van der Waals surface area contributed by atoms with E-state index in [4.69, 9.17) is 0 Å². The molecule has 2 rings (SSSR count). The molecule has 0 aromatic heterocycles. The van der Waals surface area contributed by atoms with Crippen LogP contribution in [0.2, 0.25) is 0 Å². The van der Waals surface area contributed by atoms with Gasteiger partial charge in [-0.3, -0.25) is 4.79 Å². The van der Waals surface area contributed by atoms with E-state index in [1.54, 1.807) is 24.3 Å². The monoisotopic (exact) mass is 302 g/mol. The van der Waals surface area contributed by atoms with Crippen LogP contribution < -0.4 is 0 Å². The topological polar surface area (TPSA) is 51.2 Å². The molecule has 0 spiro atoms. The zero-order valence-electron chi connectivity index (χ0n) is 12.3. The van der Waals surface area contributed by atoms with Crippen LogP contribution in [0.15, 0.2) is 53.4 Å². The first-order chi connectivity index (χ1) is 9.79. The van der Waals surface area contributed by atoms with Crippen molar-refractivity contribution >= 4 is 15.6 Å². The average Bonchev–Trinajstić information content (AvgIpc) is 2.46. The van der Waals surface area contributed by atoms with Crippen LogP contribution in [-0.4, -0.2) is 20.5 Å². The van der Waals surface area contributed by atoms with Crippen LogP contribution >= 0.6 is 0 Å². The molecule has 0 unspecified atom stereocenters. The Morgan fingerprint density at radius 3 is 2.10 bits per heavy atom. The lowest BCUT2D eigenvalue weighted by atomic mass is 9.98. The number of benzene rings is 2. The molecule has 21 heavy (non-hydrogen) atoms. The van der Waals surface area contributed by atoms with Crippen LogP contribution in [0, 0.1) is 0 Å². The molecule has 110 valence electrons. The van der Waals surface area contributed by atoms with Crippen molar-refractivity contribution in [1.82, 2.24) is 0 Å². The molecule has 0 fully saturated rings. The van der Waals surface area contributed by atoms with Gasteiger partial charge in [0.25, 0.3) is 0 Å². The van der Waals surface area contributed by atoms with E-state index in [0.717, 1.165) is 11.8 Å². The SMILES string of the molecule is CC(C)c1ccc(C(=O)c2cccc(S(C)(=O)=O)c2)cc1. The first-order valence-corrected chi connectivity index (χ1v) is 8.63. The summed E-state index contributed by atoms with van der Waals surface area (Å²) in [6.45, 7) is 4.18. The molecule has 0 heterocycles. The molecule has 3 nitrogen and oxygen atoms in total. The van der Waals surface area contributed by atoms with Crippen LogP contribution in [0.25, 0.3) is 0 Å². The van der Waals surface area contributed by atoms with Gasteiger partial charge in [0.05, 0.1) is 4.90 Å². The van der Waals surface area contributed by atoms with Gasteiger partial charge in [-0.15, -0.1) is 0 Å². The van der Waals surface area contributed by atoms with E-state index < -0.39 is 9.84 Å². The Morgan fingerprint density at radius 1 is 0.952 bits per heavy atom. The van der Waals surface area contributed by atoms with Gasteiger partial charge in [0.15, 0.2) is 15.6 Å². The fourth-order valence-corrected chi connectivity index (χ4v) is 2.72. The predicted octanol–water partition coefficient (Wildman–Crippen LogP) is 3.44. The minimum absolute atomic E-state index is 0.159. The van der Waals surface area contributed by atoms with Gasteiger partial charge in [0.1, 0.15) is 0 Å². The van der Waals surface area contributed by atoms with Gasteiger partial charge >= 0.3 is 0 Å². The summed E-state index contributed by atoms with van der Waals surface area (Å²) in [6.07, 6.45) is 1.13. The van der Waals surface area contributed by atoms with Crippen molar-refractivity contribution < 1.29 is 13.2 Å². The number of hydrogen-bond donors (Lipinski definition) is 0. The van der Waals surface area contributed by atoms with Crippen molar-refractivity contribution in [3.05, 3.63) is 65.2 Å². The zero-order valence-corrected chi connectivity index (χ0v) is 13.1. The summed E-state index contributed by atoms with van der Waals surface area (Å²) >= 11 is 0. The molecule has 0 saturated heterocycles. The van der Waals surface area contributed by atoms with E-state index >= 15 is 0 Å². The molecule has 0 aliphatic rings. The number of rotatable bonds is 4. The molecule has 0 saturated carbocycles. The first kappa shape index (κ1) is 15.4. The van der Waals surface area contributed by atoms with Crippen LogP contribution in [-0.2, 0) is 9.84 Å². The van der Waals surface area contributed by atoms with Gasteiger partial charge in [-0.2, -0.15) is 0 Å². The maximum atomic E-state index is 12.4. The summed E-state index contributed by atoms with van der Waals surface area (Å²) in [5.41, 5.74) is 2.11. The lowest BCUT2D eigenvalue weighted by Crippen LogP contribution is -2.04. The Morgan fingerprint density at radius 2 is 1.57 bits per heavy atom. The smallest absolute Gasteiger partial charge is 0.193 e. The number of ketones is 1. The van der Waals surface area contributed by atoms with Gasteiger partial charge in [-0.05, 0) is 23.6 Å². The standard InChI is InChI=1S/C17H18O3S/c1-12(2)13-7-9-14(10-8-13)17(18)15-5-4-6-16(11-15)21(3,19)20/h4-12H,1-3H3. The average molecular weight is 302 g/mol. The van der Waals surface area contributed by atoms with E-state index in [1.807, 2.05) is 12.1 Å². The lowest BCUT2D eigenvalue weighted by Gasteiger charge is -2.07. The number of sulfone groups is 1. The van der Waals surface area contributed by atoms with Crippen molar-refractivity contribution in [2.24, 2.45) is 0 Å². The fraction of sp³-hybridized carbons (Fsp3) is 0.235. The highest BCUT2D eigenvalue weighted by atomic mass is 32.2. The van der Waals surface area contributed by atoms with Crippen molar-refractivity contribution in [2.45, 2.75) is 24.7 Å². The second-order valence-corrected chi connectivity index (χ2v) is 7.42. The highest BCUT2D eigenvalue weighted by molar-refractivity contribution is 7.90. The molecular weight excluding hydrogens is 284 g/mol. The lowest BCUT2D eigenvalue weighted by molar-refractivity contribution is 0.103. The third-order valence-electron chi connectivity index (χ3n) is 3.36. The van der Waals surface area contributed by atoms with Gasteiger partial charge in [-0.25, -0.2) is 8.42 Å². The second kappa shape index (κ2) is 5.82. The molecule has 0 radical (unpaired) electrons. The number of carbonyl (C=O) groups excluding carboxylic acids is 1. The summed E-state index contributed by atoms with van der Waals surface area (Å²) in [7, 11) is -3.31. The summed E-state index contributed by atoms with van der Waals surface area (Å²) in [5, 5.41) is 0.